The van der Waals surface area contributed by atoms with Gasteiger partial charge in [0.15, 0.2) is 0 Å². The van der Waals surface area contributed by atoms with Gasteiger partial charge in [-0.25, -0.2) is 0 Å². The monoisotopic (exact) mass is 463 g/mol. The fourth-order valence-electron chi connectivity index (χ4n) is 3.30. The van der Waals surface area contributed by atoms with E-state index in [-0.39, 0.29) is 24.0 Å². The molecule has 2 rings (SSSR count). The van der Waals surface area contributed by atoms with Crippen molar-refractivity contribution in [3.63, 3.8) is 0 Å². The largest absolute Gasteiger partial charge is 0.549 e. The summed E-state index contributed by atoms with van der Waals surface area (Å²) in [4.78, 5) is 11.4. The van der Waals surface area contributed by atoms with Gasteiger partial charge < -0.3 is 19.5 Å². The first-order chi connectivity index (χ1) is 11.4. The lowest BCUT2D eigenvalue weighted by molar-refractivity contribution is -0.906. The van der Waals surface area contributed by atoms with E-state index < -0.39 is 11.4 Å². The van der Waals surface area contributed by atoms with Crippen molar-refractivity contribution in [2.45, 2.75) is 51.4 Å². The number of carbonyl (C=O) groups excluding carboxylic acids is 1. The molecule has 0 spiro atoms. The molecule has 1 saturated carbocycles. The lowest BCUT2D eigenvalue weighted by atomic mass is 9.69. The van der Waals surface area contributed by atoms with Crippen LogP contribution in [-0.2, 0) is 10.2 Å². The van der Waals surface area contributed by atoms with Gasteiger partial charge in [0.2, 0.25) is 0 Å². The minimum Gasteiger partial charge on any atom is -0.549 e. The first-order valence-corrected chi connectivity index (χ1v) is 9.15. The highest BCUT2D eigenvalue weighted by atomic mass is 127. The van der Waals surface area contributed by atoms with E-state index in [1.807, 2.05) is 30.3 Å². The molecule has 25 heavy (non-hydrogen) atoms. The summed E-state index contributed by atoms with van der Waals surface area (Å²) in [6, 6.07) is 9.51. The molecule has 0 aliphatic heterocycles. The average molecular weight is 463 g/mol. The molecule has 0 aromatic heterocycles. The summed E-state index contributed by atoms with van der Waals surface area (Å²) < 4.78 is 0.983. The van der Waals surface area contributed by atoms with Crippen molar-refractivity contribution in [1.29, 1.82) is 0 Å². The van der Waals surface area contributed by atoms with Crippen LogP contribution in [0.5, 0.6) is 0 Å². The Morgan fingerprint density at radius 3 is 2.00 bits per heavy atom. The van der Waals surface area contributed by atoms with E-state index in [0.29, 0.717) is 6.61 Å². The number of carboxylic acids is 1. The zero-order valence-corrected chi connectivity index (χ0v) is 18.2. The highest BCUT2D eigenvalue weighted by Gasteiger charge is 2.34. The first kappa shape index (κ1) is 24.3. The Labute approximate surface area is 169 Å². The zero-order valence-electron chi connectivity index (χ0n) is 15.9. The molecular weight excluding hydrogens is 429 g/mol. The second kappa shape index (κ2) is 11.9. The normalized spacial score (nSPS) is 16.2. The van der Waals surface area contributed by atoms with E-state index in [1.165, 1.54) is 0 Å². The van der Waals surface area contributed by atoms with Crippen LogP contribution in [-0.4, -0.2) is 48.8 Å². The molecule has 1 aromatic carbocycles. The van der Waals surface area contributed by atoms with Crippen LogP contribution in [0.4, 0.5) is 0 Å². The summed E-state index contributed by atoms with van der Waals surface area (Å²) in [7, 11) is 2.16. The van der Waals surface area contributed by atoms with Crippen molar-refractivity contribution in [2.24, 2.45) is 0 Å². The van der Waals surface area contributed by atoms with Gasteiger partial charge in [0.05, 0.1) is 32.7 Å². The molecule has 0 amide bonds. The molecule has 1 aliphatic rings. The van der Waals surface area contributed by atoms with E-state index in [4.69, 9.17) is 5.11 Å². The first-order valence-electron chi connectivity index (χ1n) is 9.15. The van der Waals surface area contributed by atoms with Crippen LogP contribution in [0.15, 0.2) is 30.3 Å². The third kappa shape index (κ3) is 6.87. The average Bonchev–Trinajstić information content (AvgIpc) is 2.63. The maximum absolute atomic E-state index is 11.4. The molecule has 1 fully saturated rings. The highest BCUT2D eigenvalue weighted by Crippen LogP contribution is 2.38. The lowest BCUT2D eigenvalue weighted by Gasteiger charge is -2.38. The Bertz CT molecular complexity index is 483. The van der Waals surface area contributed by atoms with Crippen LogP contribution in [0.3, 0.4) is 0 Å². The second-order valence-electron chi connectivity index (χ2n) is 7.00. The summed E-state index contributed by atoms with van der Waals surface area (Å²) >= 11 is 0. The van der Waals surface area contributed by atoms with E-state index in [0.717, 1.165) is 61.8 Å². The molecule has 144 valence electrons. The van der Waals surface area contributed by atoms with Crippen LogP contribution < -0.4 is 5.11 Å². The second-order valence-corrected chi connectivity index (χ2v) is 7.00. The highest BCUT2D eigenvalue weighted by molar-refractivity contribution is 14.0. The summed E-state index contributed by atoms with van der Waals surface area (Å²) in [5.41, 5.74) is 0.184. The fourth-order valence-corrected chi connectivity index (χ4v) is 3.30. The van der Waals surface area contributed by atoms with Crippen LogP contribution in [0.2, 0.25) is 0 Å². The molecule has 1 N–H and O–H groups in total. The Morgan fingerprint density at radius 1 is 1.12 bits per heavy atom. The Balaban J connectivity index is 0.000000504. The smallest absolute Gasteiger partial charge is 0.102 e. The van der Waals surface area contributed by atoms with Crippen LogP contribution in [0.25, 0.3) is 0 Å². The molecule has 0 bridgehead atoms. The Hall–Kier alpha value is -0.660. The van der Waals surface area contributed by atoms with Crippen molar-refractivity contribution in [1.82, 2.24) is 0 Å². The molecule has 0 heterocycles. The minimum absolute atomic E-state index is 0. The minimum atomic E-state index is -0.909. The molecule has 5 heteroatoms. The van der Waals surface area contributed by atoms with Crippen molar-refractivity contribution in [3.05, 3.63) is 35.9 Å². The molecule has 0 atom stereocenters. The number of quaternary nitrogens is 1. The topological polar surface area (TPSA) is 60.4 Å². The van der Waals surface area contributed by atoms with Crippen molar-refractivity contribution in [3.8, 4) is 0 Å². The number of aliphatic hydroxyl groups is 1. The van der Waals surface area contributed by atoms with Crippen molar-refractivity contribution < 1.29 is 19.5 Å². The van der Waals surface area contributed by atoms with Crippen LogP contribution in [0, 0.1) is 0 Å². The number of hydrogen-bond donors (Lipinski definition) is 1. The van der Waals surface area contributed by atoms with E-state index in [2.05, 4.69) is 20.9 Å². The van der Waals surface area contributed by atoms with Gasteiger partial charge in [-0.1, -0.05) is 49.6 Å². The quantitative estimate of drug-likeness (QED) is 0.522. The van der Waals surface area contributed by atoms with Gasteiger partial charge in [-0.05, 0) is 32.3 Å². The molecule has 1 aromatic rings. The maximum atomic E-state index is 11.4. The number of carbonyl (C=O) groups is 1. The number of rotatable bonds is 6. The van der Waals surface area contributed by atoms with Gasteiger partial charge in [0.25, 0.3) is 0 Å². The molecule has 0 unspecified atom stereocenters. The number of benzene rings is 1. The number of hydrogen-bond acceptors (Lipinski definition) is 3. The van der Waals surface area contributed by atoms with Crippen LogP contribution in [0.1, 0.15) is 51.5 Å². The fraction of sp³-hybridized carbons (Fsp3) is 0.650. The predicted octanol–water partition coefficient (Wildman–Crippen LogP) is 2.72. The maximum Gasteiger partial charge on any atom is 0.102 e. The predicted molar refractivity (Wildman–Crippen MR) is 111 cm³/mol. The summed E-state index contributed by atoms with van der Waals surface area (Å²) in [5, 5.41) is 20.0. The molecule has 0 radical (unpaired) electrons. The van der Waals surface area contributed by atoms with Gasteiger partial charge >= 0.3 is 0 Å². The lowest BCUT2D eigenvalue weighted by Crippen LogP contribution is -2.47. The molecule has 1 aliphatic carbocycles. The van der Waals surface area contributed by atoms with Gasteiger partial charge in [-0.15, -0.1) is 24.0 Å². The van der Waals surface area contributed by atoms with Gasteiger partial charge in [0, 0.05) is 5.41 Å². The SMILES string of the molecule is CC[N+](C)(CC)CCO.I.O=C([O-])C1(c2ccccc2)CCCCC1. The number of aliphatic hydroxyl groups excluding tert-OH is 1. The number of carboxylic acid groups (broad SMARTS) is 1. The summed E-state index contributed by atoms with van der Waals surface area (Å²) in [6.07, 6.45) is 4.56. The standard InChI is InChI=1S/C13H16O2.C7H18NO.HI/c14-12(15)13(9-5-2-6-10-13)11-7-3-1-4-8-11;1-4-8(3,5-2)6-7-9;/h1,3-4,7-8H,2,5-6,9-10H2,(H,14,15);9H,4-7H2,1-3H3;1H/q;+1;/p-1. The number of likely N-dealkylation sites (N-methyl/N-ethyl adjacent to an activating group) is 1. The Kier molecular flexibility index (Phi) is 11.5. The summed E-state index contributed by atoms with van der Waals surface area (Å²) in [6.45, 7) is 7.71. The molecular formula is C20H34INO3. The zero-order chi connectivity index (χ0) is 18.1. The number of nitrogens with zero attached hydrogens (tertiary/aromatic N) is 1. The van der Waals surface area contributed by atoms with E-state index >= 15 is 0 Å². The van der Waals surface area contributed by atoms with Gasteiger partial charge in [0.1, 0.15) is 6.54 Å². The van der Waals surface area contributed by atoms with E-state index in [9.17, 15) is 9.90 Å². The Morgan fingerprint density at radius 2 is 1.64 bits per heavy atom. The van der Waals surface area contributed by atoms with Crippen molar-refractivity contribution in [2.75, 3.05) is 33.3 Å². The van der Waals surface area contributed by atoms with Gasteiger partial charge in [-0.2, -0.15) is 0 Å². The molecule has 4 nitrogen and oxygen atoms in total. The third-order valence-electron chi connectivity index (χ3n) is 5.59. The number of halogens is 1. The number of aliphatic carboxylic acids is 1. The third-order valence-corrected chi connectivity index (χ3v) is 5.59. The van der Waals surface area contributed by atoms with Crippen molar-refractivity contribution >= 4 is 29.9 Å². The molecule has 0 saturated heterocycles. The summed E-state index contributed by atoms with van der Waals surface area (Å²) in [5.74, 6) is -0.909. The van der Waals surface area contributed by atoms with E-state index in [1.54, 1.807) is 0 Å². The van der Waals surface area contributed by atoms with Crippen LogP contribution >= 0.6 is 24.0 Å². The van der Waals surface area contributed by atoms with Gasteiger partial charge in [-0.3, -0.25) is 0 Å².